The van der Waals surface area contributed by atoms with Crippen LogP contribution in [0.5, 0.6) is 11.5 Å². The molecule has 3 rings (SSSR count). The van der Waals surface area contributed by atoms with Crippen molar-refractivity contribution in [1.82, 2.24) is 15.5 Å². The van der Waals surface area contributed by atoms with Gasteiger partial charge in [-0.1, -0.05) is 11.2 Å². The quantitative estimate of drug-likeness (QED) is 0.879. The summed E-state index contributed by atoms with van der Waals surface area (Å²) in [7, 11) is 3.24. The number of aromatic nitrogens is 2. The summed E-state index contributed by atoms with van der Waals surface area (Å²) in [6, 6.07) is 5.72. The predicted molar refractivity (Wildman–Crippen MR) is 92.1 cm³/mol. The van der Waals surface area contributed by atoms with Crippen LogP contribution in [0.2, 0.25) is 0 Å². The highest BCUT2D eigenvalue weighted by atomic mass is 16.5. The monoisotopic (exact) mass is 329 g/mol. The zero-order valence-electron chi connectivity index (χ0n) is 14.1. The van der Waals surface area contributed by atoms with E-state index in [2.05, 4.69) is 15.5 Å². The third-order valence-corrected chi connectivity index (χ3v) is 4.24. The minimum Gasteiger partial charge on any atom is -0.493 e. The van der Waals surface area contributed by atoms with Gasteiger partial charge in [-0.2, -0.15) is 4.98 Å². The summed E-state index contributed by atoms with van der Waals surface area (Å²) in [5.41, 5.74) is 0.978. The number of benzene rings is 1. The molecule has 2 heterocycles. The molecule has 1 aliphatic heterocycles. The Morgan fingerprint density at radius 3 is 2.71 bits per heavy atom. The van der Waals surface area contributed by atoms with Gasteiger partial charge in [0.2, 0.25) is 0 Å². The Balaban J connectivity index is 1.64. The zero-order chi connectivity index (χ0) is 16.8. The maximum atomic E-state index is 5.31. The van der Waals surface area contributed by atoms with Crippen molar-refractivity contribution in [2.75, 3.05) is 27.3 Å². The molecule has 0 bridgehead atoms. The van der Waals surface area contributed by atoms with Gasteiger partial charge in [0.05, 0.1) is 14.2 Å². The predicted octanol–water partition coefficient (Wildman–Crippen LogP) is 2.80. The standard InChI is InChI=1S/C18H23N3O3/c1-22-15-5-3-13(11-16(15)23-2)4-6-18-20-17(21-24-18)12-14-7-9-19-10-8-14/h3-6,11,14,19H,7-10,12H2,1-2H3/b6-4+. The van der Waals surface area contributed by atoms with E-state index in [0.717, 1.165) is 30.9 Å². The third kappa shape index (κ3) is 4.14. The maximum absolute atomic E-state index is 5.31. The molecule has 0 aliphatic carbocycles. The molecule has 0 spiro atoms. The van der Waals surface area contributed by atoms with Crippen LogP contribution in [0.1, 0.15) is 30.1 Å². The summed E-state index contributed by atoms with van der Waals surface area (Å²) < 4.78 is 15.8. The molecule has 1 N–H and O–H groups in total. The number of hydrogen-bond donors (Lipinski definition) is 1. The SMILES string of the molecule is COc1ccc(/C=C/c2nc(CC3CCNCC3)no2)cc1OC. The Bertz CT molecular complexity index is 691. The van der Waals surface area contributed by atoms with E-state index in [1.54, 1.807) is 14.2 Å². The third-order valence-electron chi connectivity index (χ3n) is 4.24. The highest BCUT2D eigenvalue weighted by Gasteiger charge is 2.16. The van der Waals surface area contributed by atoms with Crippen LogP contribution in [-0.4, -0.2) is 37.4 Å². The van der Waals surface area contributed by atoms with E-state index in [0.29, 0.717) is 23.3 Å². The molecular formula is C18H23N3O3. The fourth-order valence-electron chi connectivity index (χ4n) is 2.89. The summed E-state index contributed by atoms with van der Waals surface area (Å²) in [5.74, 6) is 3.35. The van der Waals surface area contributed by atoms with Crippen LogP contribution >= 0.6 is 0 Å². The fraction of sp³-hybridized carbons (Fsp3) is 0.444. The van der Waals surface area contributed by atoms with E-state index >= 15 is 0 Å². The lowest BCUT2D eigenvalue weighted by atomic mass is 9.94. The average molecular weight is 329 g/mol. The van der Waals surface area contributed by atoms with Crippen LogP contribution in [0.4, 0.5) is 0 Å². The minimum atomic E-state index is 0.522. The highest BCUT2D eigenvalue weighted by molar-refractivity contribution is 5.67. The second kappa shape index (κ2) is 7.97. The van der Waals surface area contributed by atoms with Gasteiger partial charge in [-0.25, -0.2) is 0 Å². The number of piperidine rings is 1. The molecule has 128 valence electrons. The molecule has 1 saturated heterocycles. The number of nitrogens with zero attached hydrogens (tertiary/aromatic N) is 2. The molecule has 6 heteroatoms. The van der Waals surface area contributed by atoms with Crippen LogP contribution < -0.4 is 14.8 Å². The van der Waals surface area contributed by atoms with Gasteiger partial charge < -0.3 is 19.3 Å². The number of ether oxygens (including phenoxy) is 2. The molecule has 0 amide bonds. The van der Waals surface area contributed by atoms with Gasteiger partial charge in [0, 0.05) is 12.5 Å². The molecule has 0 unspecified atom stereocenters. The summed E-state index contributed by atoms with van der Waals surface area (Å²) in [6.07, 6.45) is 6.97. The van der Waals surface area contributed by atoms with Gasteiger partial charge in [0.1, 0.15) is 0 Å². The molecule has 1 aliphatic rings. The lowest BCUT2D eigenvalue weighted by molar-refractivity contribution is 0.354. The van der Waals surface area contributed by atoms with Crippen molar-refractivity contribution in [3.63, 3.8) is 0 Å². The van der Waals surface area contributed by atoms with Crippen molar-refractivity contribution >= 4 is 12.2 Å². The van der Waals surface area contributed by atoms with Gasteiger partial charge in [0.25, 0.3) is 5.89 Å². The van der Waals surface area contributed by atoms with E-state index < -0.39 is 0 Å². The molecule has 0 radical (unpaired) electrons. The molecule has 1 aromatic carbocycles. The van der Waals surface area contributed by atoms with Crippen molar-refractivity contribution in [2.24, 2.45) is 5.92 Å². The van der Waals surface area contributed by atoms with E-state index in [4.69, 9.17) is 14.0 Å². The molecule has 1 aromatic heterocycles. The Labute approximate surface area is 141 Å². The first-order valence-electron chi connectivity index (χ1n) is 8.22. The van der Waals surface area contributed by atoms with Crippen molar-refractivity contribution < 1.29 is 14.0 Å². The lowest BCUT2D eigenvalue weighted by Crippen LogP contribution is -2.28. The van der Waals surface area contributed by atoms with Crippen LogP contribution in [0.15, 0.2) is 22.7 Å². The van der Waals surface area contributed by atoms with Crippen LogP contribution in [-0.2, 0) is 6.42 Å². The highest BCUT2D eigenvalue weighted by Crippen LogP contribution is 2.28. The first-order chi connectivity index (χ1) is 11.8. The molecule has 1 fully saturated rings. The van der Waals surface area contributed by atoms with Gasteiger partial charge in [-0.05, 0) is 55.6 Å². The normalized spacial score (nSPS) is 15.8. The maximum Gasteiger partial charge on any atom is 0.250 e. The summed E-state index contributed by atoms with van der Waals surface area (Å²) >= 11 is 0. The largest absolute Gasteiger partial charge is 0.493 e. The number of hydrogen-bond acceptors (Lipinski definition) is 6. The Morgan fingerprint density at radius 2 is 1.96 bits per heavy atom. The Kier molecular flexibility index (Phi) is 5.48. The van der Waals surface area contributed by atoms with Gasteiger partial charge in [-0.3, -0.25) is 0 Å². The molecule has 0 saturated carbocycles. The number of rotatable bonds is 6. The summed E-state index contributed by atoms with van der Waals surface area (Å²) in [6.45, 7) is 2.16. The number of nitrogens with one attached hydrogen (secondary N) is 1. The summed E-state index contributed by atoms with van der Waals surface area (Å²) in [5, 5.41) is 7.45. The van der Waals surface area contributed by atoms with E-state index in [1.165, 1.54) is 12.8 Å². The number of methoxy groups -OCH3 is 2. The topological polar surface area (TPSA) is 69.4 Å². The fourth-order valence-corrected chi connectivity index (χ4v) is 2.89. The van der Waals surface area contributed by atoms with E-state index in [-0.39, 0.29) is 0 Å². The van der Waals surface area contributed by atoms with E-state index in [9.17, 15) is 0 Å². The zero-order valence-corrected chi connectivity index (χ0v) is 14.1. The molecule has 6 nitrogen and oxygen atoms in total. The van der Waals surface area contributed by atoms with Crippen molar-refractivity contribution in [3.8, 4) is 11.5 Å². The van der Waals surface area contributed by atoms with E-state index in [1.807, 2.05) is 30.4 Å². The second-order valence-corrected chi connectivity index (χ2v) is 5.89. The Morgan fingerprint density at radius 1 is 1.17 bits per heavy atom. The molecule has 0 atom stereocenters. The van der Waals surface area contributed by atoms with Crippen molar-refractivity contribution in [1.29, 1.82) is 0 Å². The van der Waals surface area contributed by atoms with Crippen molar-refractivity contribution in [3.05, 3.63) is 35.5 Å². The van der Waals surface area contributed by atoms with Crippen LogP contribution in [0.3, 0.4) is 0 Å². The van der Waals surface area contributed by atoms with Gasteiger partial charge in [0.15, 0.2) is 17.3 Å². The molecular weight excluding hydrogens is 306 g/mol. The van der Waals surface area contributed by atoms with Crippen molar-refractivity contribution in [2.45, 2.75) is 19.3 Å². The van der Waals surface area contributed by atoms with Crippen LogP contribution in [0.25, 0.3) is 12.2 Å². The van der Waals surface area contributed by atoms with Crippen LogP contribution in [0, 0.1) is 5.92 Å². The average Bonchev–Trinajstić information content (AvgIpc) is 3.08. The van der Waals surface area contributed by atoms with Gasteiger partial charge in [-0.15, -0.1) is 0 Å². The van der Waals surface area contributed by atoms with Gasteiger partial charge >= 0.3 is 0 Å². The lowest BCUT2D eigenvalue weighted by Gasteiger charge is -2.20. The second-order valence-electron chi connectivity index (χ2n) is 5.89. The summed E-state index contributed by atoms with van der Waals surface area (Å²) in [4.78, 5) is 4.45. The smallest absolute Gasteiger partial charge is 0.250 e. The Hall–Kier alpha value is -2.34. The molecule has 2 aromatic rings. The minimum absolute atomic E-state index is 0.522. The first-order valence-corrected chi connectivity index (χ1v) is 8.22. The first kappa shape index (κ1) is 16.5. The molecule has 24 heavy (non-hydrogen) atoms.